The Bertz CT molecular complexity index is 2760. The Morgan fingerprint density at radius 1 is 0.323 bits per heavy atom. The van der Waals surface area contributed by atoms with E-state index in [9.17, 15) is 73.7 Å². The van der Waals surface area contributed by atoms with Gasteiger partial charge >= 0.3 is 24.7 Å². The molecule has 0 saturated heterocycles. The zero-order valence-electron chi connectivity index (χ0n) is 30.7. The molecule has 306 valence electrons. The van der Waals surface area contributed by atoms with Crippen molar-refractivity contribution >= 4 is 5.57 Å². The Balaban J connectivity index is 1.35. The molecule has 0 heterocycles. The number of hydrogen-bond acceptors (Lipinski definition) is 4. The second kappa shape index (κ2) is 15.0. The van der Waals surface area contributed by atoms with Crippen LogP contribution in [0.2, 0.25) is 0 Å². The molecule has 0 saturated carbocycles. The number of nitriles is 4. The van der Waals surface area contributed by atoms with E-state index in [1.807, 2.05) is 24.3 Å². The average molecular weight is 855 g/mol. The van der Waals surface area contributed by atoms with Gasteiger partial charge in [-0.15, -0.1) is 0 Å². The van der Waals surface area contributed by atoms with Crippen LogP contribution in [0.15, 0.2) is 115 Å². The molecule has 0 radical (unpaired) electrons. The molecule has 0 unspecified atom stereocenters. The molecule has 0 N–H and O–H groups in total. The van der Waals surface area contributed by atoms with E-state index in [2.05, 4.69) is 0 Å². The fraction of sp³-hybridized carbons (Fsp3) is 0.0870. The van der Waals surface area contributed by atoms with Crippen molar-refractivity contribution in [3.05, 3.63) is 159 Å². The summed E-state index contributed by atoms with van der Waals surface area (Å²) in [4.78, 5) is 0. The third kappa shape index (κ3) is 7.82. The van der Waals surface area contributed by atoms with Crippen molar-refractivity contribution in [1.82, 2.24) is 0 Å². The van der Waals surface area contributed by atoms with E-state index in [0.717, 1.165) is 0 Å². The summed E-state index contributed by atoms with van der Waals surface area (Å²) in [6, 6.07) is 26.4. The van der Waals surface area contributed by atoms with Gasteiger partial charge in [0.1, 0.15) is 17.7 Å². The third-order valence-corrected chi connectivity index (χ3v) is 10.1. The molecular formula is C46H18F12N4. The van der Waals surface area contributed by atoms with Crippen LogP contribution >= 0.6 is 0 Å². The van der Waals surface area contributed by atoms with Crippen molar-refractivity contribution in [2.45, 2.75) is 24.7 Å². The van der Waals surface area contributed by atoms with Gasteiger partial charge in [0.25, 0.3) is 0 Å². The molecular weight excluding hydrogens is 837 g/mol. The van der Waals surface area contributed by atoms with Gasteiger partial charge in [0.05, 0.1) is 45.5 Å². The Hall–Kier alpha value is -7.82. The van der Waals surface area contributed by atoms with Crippen molar-refractivity contribution < 1.29 is 52.7 Å². The molecule has 1 aliphatic carbocycles. The lowest BCUT2D eigenvalue weighted by Crippen LogP contribution is -2.11. The highest BCUT2D eigenvalue weighted by molar-refractivity contribution is 6.07. The average Bonchev–Trinajstić information content (AvgIpc) is 3.53. The maximum absolute atomic E-state index is 13.6. The lowest BCUT2D eigenvalue weighted by atomic mass is 9.90. The normalized spacial score (nSPS) is 12.4. The topological polar surface area (TPSA) is 95.2 Å². The number of hydrogen-bond donors (Lipinski definition) is 0. The summed E-state index contributed by atoms with van der Waals surface area (Å²) in [6.07, 6.45) is -20.3. The summed E-state index contributed by atoms with van der Waals surface area (Å²) < 4.78 is 163. The highest BCUT2D eigenvalue weighted by atomic mass is 19.4. The van der Waals surface area contributed by atoms with E-state index in [-0.39, 0.29) is 78.9 Å². The van der Waals surface area contributed by atoms with Crippen LogP contribution in [0, 0.1) is 45.3 Å². The van der Waals surface area contributed by atoms with Gasteiger partial charge in [-0.3, -0.25) is 0 Å². The molecule has 0 bridgehead atoms. The second-order valence-electron chi connectivity index (χ2n) is 13.8. The quantitative estimate of drug-likeness (QED) is 0.130. The second-order valence-corrected chi connectivity index (χ2v) is 13.8. The maximum Gasteiger partial charge on any atom is 0.416 e. The van der Waals surface area contributed by atoms with Crippen molar-refractivity contribution in [3.63, 3.8) is 0 Å². The molecule has 0 aromatic heterocycles. The largest absolute Gasteiger partial charge is 0.416 e. The van der Waals surface area contributed by atoms with Crippen molar-refractivity contribution in [2.24, 2.45) is 0 Å². The van der Waals surface area contributed by atoms with Gasteiger partial charge in [0.15, 0.2) is 0 Å². The van der Waals surface area contributed by atoms with Gasteiger partial charge in [0, 0.05) is 16.7 Å². The standard InChI is InChI=1S/C46H18F12N4/c47-43(48,49)32-9-27(10-33(15-32)44(50,51)52)23-1-5-25(6-2-23)36-17-38-39-18-37(30(20-60)14-41(39)42(31(21-61)22-62)40(38)13-29(36)19-59)26-7-3-24(4-8-26)28-11-34(45(53,54)55)16-35(12-28)46(56,57)58/h1-18H. The zero-order valence-corrected chi connectivity index (χ0v) is 30.7. The van der Waals surface area contributed by atoms with Crippen molar-refractivity contribution in [3.8, 4) is 79.9 Å². The van der Waals surface area contributed by atoms with Crippen LogP contribution < -0.4 is 0 Å². The predicted molar refractivity (Wildman–Crippen MR) is 200 cm³/mol. The third-order valence-electron chi connectivity index (χ3n) is 10.1. The van der Waals surface area contributed by atoms with E-state index >= 15 is 0 Å². The Kier molecular flexibility index (Phi) is 10.3. The van der Waals surface area contributed by atoms with Crippen LogP contribution in [0.1, 0.15) is 44.5 Å². The molecule has 62 heavy (non-hydrogen) atoms. The first kappa shape index (κ1) is 42.3. The first-order valence-corrected chi connectivity index (χ1v) is 17.6. The highest BCUT2D eigenvalue weighted by Gasteiger charge is 2.39. The van der Waals surface area contributed by atoms with Gasteiger partial charge < -0.3 is 0 Å². The minimum absolute atomic E-state index is 0.00296. The Morgan fingerprint density at radius 2 is 0.613 bits per heavy atom. The minimum atomic E-state index is -5.09. The van der Waals surface area contributed by atoms with Crippen LogP contribution in [-0.2, 0) is 24.7 Å². The first-order chi connectivity index (χ1) is 29.0. The molecule has 4 nitrogen and oxygen atoms in total. The maximum atomic E-state index is 13.6. The number of halogens is 12. The Morgan fingerprint density at radius 3 is 0.871 bits per heavy atom. The number of rotatable bonds is 4. The van der Waals surface area contributed by atoms with Gasteiger partial charge in [-0.25, -0.2) is 0 Å². The lowest BCUT2D eigenvalue weighted by molar-refractivity contribution is -0.144. The monoisotopic (exact) mass is 854 g/mol. The summed E-state index contributed by atoms with van der Waals surface area (Å²) in [5.74, 6) is 0. The number of allylic oxidation sites excluding steroid dienone is 1. The molecule has 0 amide bonds. The van der Waals surface area contributed by atoms with Crippen LogP contribution in [-0.4, -0.2) is 0 Å². The van der Waals surface area contributed by atoms with E-state index in [1.54, 1.807) is 0 Å². The van der Waals surface area contributed by atoms with Crippen molar-refractivity contribution in [1.29, 1.82) is 21.0 Å². The molecule has 6 aromatic rings. The molecule has 7 rings (SSSR count). The van der Waals surface area contributed by atoms with Crippen LogP contribution in [0.25, 0.3) is 61.2 Å². The SMILES string of the molecule is N#CC(C#N)=C1c2cc(C#N)c(-c3ccc(-c4cc(C(F)(F)F)cc(C(F)(F)F)c4)cc3)cc2-c2cc(-c3ccc(-c4cc(C(F)(F)F)cc(C(F)(F)F)c4)cc3)c(C#N)cc21. The van der Waals surface area contributed by atoms with Crippen LogP contribution in [0.4, 0.5) is 52.7 Å². The highest BCUT2D eigenvalue weighted by Crippen LogP contribution is 2.50. The van der Waals surface area contributed by atoms with Crippen LogP contribution in [0.5, 0.6) is 0 Å². The van der Waals surface area contributed by atoms with E-state index in [4.69, 9.17) is 0 Å². The zero-order chi connectivity index (χ0) is 45.1. The van der Waals surface area contributed by atoms with E-state index in [1.165, 1.54) is 72.8 Å². The van der Waals surface area contributed by atoms with Gasteiger partial charge in [-0.1, -0.05) is 48.5 Å². The predicted octanol–water partition coefficient (Wildman–Crippen LogP) is 14.0. The molecule has 0 atom stereocenters. The number of fused-ring (bicyclic) bond motifs is 3. The first-order valence-electron chi connectivity index (χ1n) is 17.6. The number of nitrogens with zero attached hydrogens (tertiary/aromatic N) is 4. The van der Waals surface area contributed by atoms with E-state index < -0.39 is 47.0 Å². The molecule has 0 aliphatic heterocycles. The van der Waals surface area contributed by atoms with Crippen molar-refractivity contribution in [2.75, 3.05) is 0 Å². The molecule has 16 heteroatoms. The number of alkyl halides is 12. The van der Waals surface area contributed by atoms with Crippen LogP contribution in [0.3, 0.4) is 0 Å². The summed E-state index contributed by atoms with van der Waals surface area (Å²) >= 11 is 0. The van der Waals surface area contributed by atoms with Gasteiger partial charge in [0.2, 0.25) is 0 Å². The molecule has 0 spiro atoms. The van der Waals surface area contributed by atoms with E-state index in [0.29, 0.717) is 46.5 Å². The minimum Gasteiger partial charge on any atom is -0.192 e. The molecule has 0 fully saturated rings. The number of benzene rings is 6. The van der Waals surface area contributed by atoms with Gasteiger partial charge in [-0.05, 0) is 116 Å². The lowest BCUT2D eigenvalue weighted by Gasteiger charge is -2.15. The summed E-state index contributed by atoms with van der Waals surface area (Å²) in [7, 11) is 0. The van der Waals surface area contributed by atoms with Gasteiger partial charge in [-0.2, -0.15) is 73.7 Å². The molecule has 6 aromatic carbocycles. The summed E-state index contributed by atoms with van der Waals surface area (Å²) in [5.41, 5.74) is -4.96. The Labute approximate surface area is 342 Å². The fourth-order valence-corrected chi connectivity index (χ4v) is 7.20. The summed E-state index contributed by atoms with van der Waals surface area (Å²) in [6.45, 7) is 0. The smallest absolute Gasteiger partial charge is 0.192 e. The summed E-state index contributed by atoms with van der Waals surface area (Å²) in [5, 5.41) is 40.3. The fourth-order valence-electron chi connectivity index (χ4n) is 7.20. The molecule has 1 aliphatic rings.